The molecule has 1 aromatic carbocycles. The molecule has 0 atom stereocenters. The number of amides is 1. The number of alkyl halides is 3. The van der Waals surface area contributed by atoms with E-state index in [9.17, 15) is 22.8 Å². The van der Waals surface area contributed by atoms with Crippen molar-refractivity contribution in [3.8, 4) is 5.75 Å². The number of piperidine rings is 1. The summed E-state index contributed by atoms with van der Waals surface area (Å²) in [5.41, 5.74) is -0.351. The van der Waals surface area contributed by atoms with Crippen LogP contribution in [0.5, 0.6) is 5.75 Å². The van der Waals surface area contributed by atoms with Crippen molar-refractivity contribution in [3.63, 3.8) is 0 Å². The molecule has 164 valence electrons. The Balaban J connectivity index is 1.60. The second-order valence-corrected chi connectivity index (χ2v) is 7.44. The lowest BCUT2D eigenvalue weighted by Gasteiger charge is -2.31. The van der Waals surface area contributed by atoms with Crippen LogP contribution in [0.1, 0.15) is 24.7 Å². The van der Waals surface area contributed by atoms with Gasteiger partial charge in [-0.15, -0.1) is 5.10 Å². The highest BCUT2D eigenvalue weighted by Gasteiger charge is 2.39. The fourth-order valence-corrected chi connectivity index (χ4v) is 3.61. The molecule has 30 heavy (non-hydrogen) atoms. The summed E-state index contributed by atoms with van der Waals surface area (Å²) in [6.45, 7) is 0.970. The molecule has 0 spiro atoms. The van der Waals surface area contributed by atoms with Crippen LogP contribution < -0.4 is 15.7 Å². The summed E-state index contributed by atoms with van der Waals surface area (Å²) in [7, 11) is 2.53. The number of likely N-dealkylation sites (tertiary alicyclic amines) is 1. The molecule has 1 aromatic heterocycles. The van der Waals surface area contributed by atoms with E-state index in [1.165, 1.54) is 7.11 Å². The second-order valence-electron chi connectivity index (χ2n) is 7.01. The van der Waals surface area contributed by atoms with E-state index in [-0.39, 0.29) is 12.5 Å². The molecule has 1 N–H and O–H groups in total. The molecule has 8 nitrogen and oxygen atoms in total. The van der Waals surface area contributed by atoms with Gasteiger partial charge < -0.3 is 10.1 Å². The Morgan fingerprint density at radius 2 is 2.00 bits per heavy atom. The standard InChI is InChI=1S/C18H21ClF3N5O3/c1-25-16(18(20,21)22)24-27(17(25)29)12-5-7-26(8-6-12)10-15(28)23-13-9-11(19)3-4-14(13)30-2/h3-4,9,12H,5-8,10H2,1-2H3,(H,23,28). The van der Waals surface area contributed by atoms with Crippen LogP contribution >= 0.6 is 11.6 Å². The molecule has 2 aromatic rings. The number of hydrogen-bond acceptors (Lipinski definition) is 5. The Morgan fingerprint density at radius 1 is 1.33 bits per heavy atom. The molecular formula is C18H21ClF3N5O3. The van der Waals surface area contributed by atoms with E-state index in [1.54, 1.807) is 18.2 Å². The van der Waals surface area contributed by atoms with Crippen LogP contribution in [-0.4, -0.2) is 51.9 Å². The Morgan fingerprint density at radius 3 is 2.57 bits per heavy atom. The van der Waals surface area contributed by atoms with Crippen LogP contribution in [0.4, 0.5) is 18.9 Å². The SMILES string of the molecule is COc1ccc(Cl)cc1NC(=O)CN1CCC(n2nc(C(F)(F)F)n(C)c2=O)CC1. The first kappa shape index (κ1) is 22.2. The first-order valence-electron chi connectivity index (χ1n) is 9.18. The van der Waals surface area contributed by atoms with E-state index in [0.29, 0.717) is 47.0 Å². The number of anilines is 1. The molecule has 0 bridgehead atoms. The highest BCUT2D eigenvalue weighted by Crippen LogP contribution is 2.29. The zero-order chi connectivity index (χ0) is 22.1. The maximum absolute atomic E-state index is 13.0. The number of rotatable bonds is 5. The molecule has 0 saturated carbocycles. The summed E-state index contributed by atoms with van der Waals surface area (Å²) in [6.07, 6.45) is -3.89. The average Bonchev–Trinajstić information content (AvgIpc) is 2.98. The van der Waals surface area contributed by atoms with E-state index in [1.807, 2.05) is 4.90 Å². The molecule has 2 heterocycles. The van der Waals surface area contributed by atoms with Crippen LogP contribution in [0.25, 0.3) is 0 Å². The van der Waals surface area contributed by atoms with Gasteiger partial charge in [0.1, 0.15) is 5.75 Å². The lowest BCUT2D eigenvalue weighted by Crippen LogP contribution is -2.41. The monoisotopic (exact) mass is 447 g/mol. The molecule has 1 aliphatic heterocycles. The van der Waals surface area contributed by atoms with Crippen LogP contribution in [0.3, 0.4) is 0 Å². The molecule has 1 fully saturated rings. The molecule has 0 unspecified atom stereocenters. The van der Waals surface area contributed by atoms with Gasteiger partial charge in [-0.05, 0) is 31.0 Å². The van der Waals surface area contributed by atoms with E-state index in [0.717, 1.165) is 11.7 Å². The van der Waals surface area contributed by atoms with Crippen molar-refractivity contribution in [3.05, 3.63) is 39.5 Å². The summed E-state index contributed by atoms with van der Waals surface area (Å²) in [4.78, 5) is 26.4. The van der Waals surface area contributed by atoms with Gasteiger partial charge in [0.2, 0.25) is 11.7 Å². The lowest BCUT2D eigenvalue weighted by molar-refractivity contribution is -0.147. The minimum atomic E-state index is -4.70. The minimum Gasteiger partial charge on any atom is -0.495 e. The third-order valence-corrected chi connectivity index (χ3v) is 5.20. The number of hydrogen-bond donors (Lipinski definition) is 1. The molecule has 1 aliphatic rings. The largest absolute Gasteiger partial charge is 0.495 e. The quantitative estimate of drug-likeness (QED) is 0.761. The van der Waals surface area contributed by atoms with E-state index < -0.39 is 23.7 Å². The van der Waals surface area contributed by atoms with Crippen LogP contribution in [0, 0.1) is 0 Å². The third-order valence-electron chi connectivity index (χ3n) is 4.96. The molecule has 0 radical (unpaired) electrons. The maximum Gasteiger partial charge on any atom is 0.451 e. The molecule has 1 amide bonds. The Kier molecular flexibility index (Phi) is 6.41. The van der Waals surface area contributed by atoms with Crippen molar-refractivity contribution in [2.45, 2.75) is 25.1 Å². The number of carbonyl (C=O) groups excluding carboxylic acids is 1. The molecule has 3 rings (SSSR count). The zero-order valence-corrected chi connectivity index (χ0v) is 17.1. The van der Waals surface area contributed by atoms with Crippen LogP contribution in [-0.2, 0) is 18.0 Å². The maximum atomic E-state index is 13.0. The molecule has 12 heteroatoms. The summed E-state index contributed by atoms with van der Waals surface area (Å²) in [5.74, 6) is -1.02. The number of carbonyl (C=O) groups is 1. The lowest BCUT2D eigenvalue weighted by atomic mass is 10.1. The van der Waals surface area contributed by atoms with Gasteiger partial charge in [0.05, 0.1) is 25.4 Å². The number of halogens is 4. The predicted molar refractivity (Wildman–Crippen MR) is 104 cm³/mol. The average molecular weight is 448 g/mol. The normalized spacial score (nSPS) is 15.9. The topological polar surface area (TPSA) is 81.4 Å². The van der Waals surface area contributed by atoms with Gasteiger partial charge >= 0.3 is 11.9 Å². The van der Waals surface area contributed by atoms with Crippen molar-refractivity contribution in [2.24, 2.45) is 7.05 Å². The van der Waals surface area contributed by atoms with Crippen molar-refractivity contribution in [1.29, 1.82) is 0 Å². The van der Waals surface area contributed by atoms with Gasteiger partial charge in [0.15, 0.2) is 0 Å². The Labute approximate surface area is 175 Å². The number of nitrogens with one attached hydrogen (secondary N) is 1. The van der Waals surface area contributed by atoms with Gasteiger partial charge in [-0.2, -0.15) is 13.2 Å². The smallest absolute Gasteiger partial charge is 0.451 e. The summed E-state index contributed by atoms with van der Waals surface area (Å²) < 4.78 is 45.5. The van der Waals surface area contributed by atoms with Crippen molar-refractivity contribution >= 4 is 23.2 Å². The first-order chi connectivity index (χ1) is 14.1. The highest BCUT2D eigenvalue weighted by atomic mass is 35.5. The summed E-state index contributed by atoms with van der Waals surface area (Å²) in [5, 5.41) is 6.68. The third kappa shape index (κ3) is 4.78. The predicted octanol–water partition coefficient (Wildman–Crippen LogP) is 2.54. The zero-order valence-electron chi connectivity index (χ0n) is 16.4. The second kappa shape index (κ2) is 8.68. The molecular weight excluding hydrogens is 427 g/mol. The van der Waals surface area contributed by atoms with E-state index in [4.69, 9.17) is 16.3 Å². The van der Waals surface area contributed by atoms with Crippen molar-refractivity contribution in [1.82, 2.24) is 19.2 Å². The van der Waals surface area contributed by atoms with Crippen LogP contribution in [0.15, 0.2) is 23.0 Å². The van der Waals surface area contributed by atoms with Crippen molar-refractivity contribution in [2.75, 3.05) is 32.1 Å². The summed E-state index contributed by atoms with van der Waals surface area (Å²) in [6, 6.07) is 4.41. The van der Waals surface area contributed by atoms with Gasteiger partial charge in [-0.25, -0.2) is 9.48 Å². The van der Waals surface area contributed by atoms with Gasteiger partial charge in [0.25, 0.3) is 0 Å². The fourth-order valence-electron chi connectivity index (χ4n) is 3.43. The fraction of sp³-hybridized carbons (Fsp3) is 0.500. The van der Waals surface area contributed by atoms with Gasteiger partial charge in [-0.1, -0.05) is 11.6 Å². The molecule has 1 saturated heterocycles. The van der Waals surface area contributed by atoms with Gasteiger partial charge in [-0.3, -0.25) is 14.3 Å². The number of benzene rings is 1. The van der Waals surface area contributed by atoms with Crippen LogP contribution in [0.2, 0.25) is 5.02 Å². The molecule has 0 aliphatic carbocycles. The summed E-state index contributed by atoms with van der Waals surface area (Å²) >= 11 is 5.95. The minimum absolute atomic E-state index is 0.0906. The number of nitrogens with zero attached hydrogens (tertiary/aromatic N) is 4. The Bertz CT molecular complexity index is 980. The number of aromatic nitrogens is 3. The Hall–Kier alpha value is -2.53. The first-order valence-corrected chi connectivity index (χ1v) is 9.56. The van der Waals surface area contributed by atoms with Crippen molar-refractivity contribution < 1.29 is 22.7 Å². The van der Waals surface area contributed by atoms with E-state index >= 15 is 0 Å². The number of methoxy groups -OCH3 is 1. The van der Waals surface area contributed by atoms with E-state index in [2.05, 4.69) is 10.4 Å². The number of ether oxygens (including phenoxy) is 1. The highest BCUT2D eigenvalue weighted by molar-refractivity contribution is 6.31. The van der Waals surface area contributed by atoms with Gasteiger partial charge in [0, 0.05) is 25.2 Å².